The summed E-state index contributed by atoms with van der Waals surface area (Å²) >= 11 is 0. The molecule has 0 bridgehead atoms. The van der Waals surface area contributed by atoms with Crippen molar-refractivity contribution in [3.63, 3.8) is 0 Å². The second kappa shape index (κ2) is 7.54. The van der Waals surface area contributed by atoms with Gasteiger partial charge in [-0.2, -0.15) is 0 Å². The maximum absolute atomic E-state index is 13.0. The molecule has 0 atom stereocenters. The van der Waals surface area contributed by atoms with Crippen molar-refractivity contribution in [1.82, 2.24) is 14.6 Å². The molecule has 4 rings (SSSR count). The third-order valence-corrected chi connectivity index (χ3v) is 4.90. The van der Waals surface area contributed by atoms with Crippen molar-refractivity contribution in [1.29, 1.82) is 0 Å². The Morgan fingerprint density at radius 1 is 1.26 bits per heavy atom. The molecule has 2 aromatic rings. The van der Waals surface area contributed by atoms with Crippen molar-refractivity contribution in [2.75, 3.05) is 18.7 Å². The van der Waals surface area contributed by atoms with Crippen LogP contribution in [0.25, 0.3) is 0 Å². The first-order valence-electron chi connectivity index (χ1n) is 8.63. The van der Waals surface area contributed by atoms with Gasteiger partial charge in [0, 0.05) is 30.9 Å². The van der Waals surface area contributed by atoms with Crippen LogP contribution in [0.3, 0.4) is 0 Å². The number of hydrogen-bond donors (Lipinski definition) is 0. The summed E-state index contributed by atoms with van der Waals surface area (Å²) in [6, 6.07) is 3.94. The van der Waals surface area contributed by atoms with Gasteiger partial charge in [-0.1, -0.05) is 0 Å². The molecule has 0 aliphatic carbocycles. The quantitative estimate of drug-likeness (QED) is 0.807. The van der Waals surface area contributed by atoms with Crippen LogP contribution in [0.1, 0.15) is 23.6 Å². The van der Waals surface area contributed by atoms with E-state index in [0.29, 0.717) is 19.6 Å². The van der Waals surface area contributed by atoms with E-state index in [1.165, 1.54) is 0 Å². The Kier molecular flexibility index (Phi) is 5.34. The van der Waals surface area contributed by atoms with E-state index in [-0.39, 0.29) is 18.0 Å². The van der Waals surface area contributed by atoms with Crippen molar-refractivity contribution >= 4 is 30.1 Å². The fourth-order valence-corrected chi connectivity index (χ4v) is 3.50. The number of allylic oxidation sites excluding steroid dienone is 1. The van der Waals surface area contributed by atoms with Gasteiger partial charge in [0.05, 0.1) is 25.2 Å². The number of aromatic nitrogens is 2. The molecule has 0 saturated heterocycles. The summed E-state index contributed by atoms with van der Waals surface area (Å²) < 4.78 is 1.80. The molecule has 0 amide bonds. The van der Waals surface area contributed by atoms with Crippen LogP contribution >= 0.6 is 12.4 Å². The van der Waals surface area contributed by atoms with E-state index in [1.54, 1.807) is 29.1 Å². The summed E-state index contributed by atoms with van der Waals surface area (Å²) in [4.78, 5) is 29.2. The summed E-state index contributed by atoms with van der Waals surface area (Å²) in [6.45, 7) is 4.99. The van der Waals surface area contributed by atoms with E-state index < -0.39 is 0 Å². The van der Waals surface area contributed by atoms with Crippen LogP contribution in [0, 0.1) is 6.92 Å². The number of rotatable bonds is 4. The van der Waals surface area contributed by atoms with E-state index in [0.717, 1.165) is 33.9 Å². The van der Waals surface area contributed by atoms with E-state index in [1.807, 2.05) is 38.4 Å². The largest absolute Gasteiger partial charge is 0.302 e. The second-order valence-corrected chi connectivity index (χ2v) is 6.34. The number of halogens is 1. The molecule has 142 valence electrons. The molecule has 7 nitrogen and oxygen atoms in total. The average Bonchev–Trinajstić information content (AvgIpc) is 3.10. The van der Waals surface area contributed by atoms with E-state index in [4.69, 9.17) is 9.83 Å². The van der Waals surface area contributed by atoms with Crippen molar-refractivity contribution in [3.8, 4) is 0 Å². The molecule has 27 heavy (non-hydrogen) atoms. The lowest BCUT2D eigenvalue weighted by Crippen LogP contribution is -2.35. The summed E-state index contributed by atoms with van der Waals surface area (Å²) in [5.74, 6) is 0.834. The zero-order valence-corrected chi connectivity index (χ0v) is 16.4. The van der Waals surface area contributed by atoms with Crippen LogP contribution in [0.15, 0.2) is 46.2 Å². The van der Waals surface area contributed by atoms with Crippen molar-refractivity contribution in [2.45, 2.75) is 26.8 Å². The molecule has 2 aliphatic rings. The van der Waals surface area contributed by atoms with Gasteiger partial charge in [0.2, 0.25) is 0 Å². The molecule has 2 aliphatic heterocycles. The van der Waals surface area contributed by atoms with Gasteiger partial charge in [-0.05, 0) is 37.1 Å². The predicted molar refractivity (Wildman–Crippen MR) is 108 cm³/mol. The van der Waals surface area contributed by atoms with Crippen LogP contribution in [0.4, 0.5) is 11.5 Å². The first-order valence-corrected chi connectivity index (χ1v) is 8.63. The Morgan fingerprint density at radius 2 is 2.00 bits per heavy atom. The Bertz CT molecular complexity index is 968. The highest BCUT2D eigenvalue weighted by molar-refractivity contribution is 5.94. The minimum Gasteiger partial charge on any atom is -0.302 e. The molecular weight excluding hydrogens is 366 g/mol. The summed E-state index contributed by atoms with van der Waals surface area (Å²) in [5.41, 5.74) is 4.62. The van der Waals surface area contributed by atoms with Crippen molar-refractivity contribution in [2.24, 2.45) is 4.99 Å². The van der Waals surface area contributed by atoms with Crippen LogP contribution < -0.4 is 10.5 Å². The van der Waals surface area contributed by atoms with E-state index in [2.05, 4.69) is 9.88 Å². The number of fused-ring (bicyclic) bond motifs is 3. The van der Waals surface area contributed by atoms with E-state index >= 15 is 0 Å². The normalized spacial score (nSPS) is 14.6. The minimum absolute atomic E-state index is 0. The van der Waals surface area contributed by atoms with Crippen LogP contribution in [0.2, 0.25) is 0 Å². The minimum atomic E-state index is 0. The summed E-state index contributed by atoms with van der Waals surface area (Å²) in [6.07, 6.45) is 7.91. The van der Waals surface area contributed by atoms with Gasteiger partial charge in [0.15, 0.2) is 0 Å². The SMILES string of the molecule is CCn1c2c(c(Cc3ccncc3)c(C)c1=O)N=CC1=CN(OC)CN12.Cl. The molecular formula is C19H22ClN5O2. The highest BCUT2D eigenvalue weighted by Gasteiger charge is 2.31. The van der Waals surface area contributed by atoms with Crippen LogP contribution in [-0.4, -0.2) is 34.6 Å². The molecule has 0 fully saturated rings. The van der Waals surface area contributed by atoms with Crippen molar-refractivity contribution < 1.29 is 4.84 Å². The topological polar surface area (TPSA) is 63.0 Å². The maximum Gasteiger partial charge on any atom is 0.255 e. The molecule has 0 radical (unpaired) electrons. The predicted octanol–water partition coefficient (Wildman–Crippen LogP) is 2.78. The average molecular weight is 388 g/mol. The Balaban J connectivity index is 0.00000210. The Hall–Kier alpha value is -2.64. The van der Waals surface area contributed by atoms with Crippen LogP contribution in [0.5, 0.6) is 0 Å². The first kappa shape index (κ1) is 19.1. The molecule has 8 heteroatoms. The summed E-state index contributed by atoms with van der Waals surface area (Å²) in [5, 5.41) is 1.73. The van der Waals surface area contributed by atoms with Crippen LogP contribution in [-0.2, 0) is 17.8 Å². The van der Waals surface area contributed by atoms with Gasteiger partial charge in [0.25, 0.3) is 5.56 Å². The molecule has 0 unspecified atom stereocenters. The van der Waals surface area contributed by atoms with Gasteiger partial charge < -0.3 is 4.90 Å². The van der Waals surface area contributed by atoms with Gasteiger partial charge in [-0.15, -0.1) is 12.4 Å². The fraction of sp³-hybridized carbons (Fsp3) is 0.316. The molecule has 2 aromatic heterocycles. The first-order chi connectivity index (χ1) is 12.6. The zero-order chi connectivity index (χ0) is 18.3. The van der Waals surface area contributed by atoms with Gasteiger partial charge >= 0.3 is 0 Å². The number of aliphatic imine (C=N–C) groups is 1. The monoisotopic (exact) mass is 387 g/mol. The number of nitrogens with zero attached hydrogens (tertiary/aromatic N) is 5. The number of anilines is 1. The highest BCUT2D eigenvalue weighted by atomic mass is 35.5. The van der Waals surface area contributed by atoms with Crippen molar-refractivity contribution in [3.05, 3.63) is 63.5 Å². The number of hydroxylamine groups is 2. The third-order valence-electron chi connectivity index (χ3n) is 4.90. The lowest BCUT2D eigenvalue weighted by molar-refractivity contribution is -0.0791. The summed E-state index contributed by atoms with van der Waals surface area (Å²) in [7, 11) is 1.63. The Labute approximate surface area is 164 Å². The number of pyridine rings is 2. The van der Waals surface area contributed by atoms with Gasteiger partial charge in [0.1, 0.15) is 18.2 Å². The highest BCUT2D eigenvalue weighted by Crippen LogP contribution is 2.40. The third kappa shape index (κ3) is 3.13. The smallest absolute Gasteiger partial charge is 0.255 e. The molecule has 0 spiro atoms. The van der Waals surface area contributed by atoms with Gasteiger partial charge in [-0.25, -0.2) is 5.06 Å². The standard InChI is InChI=1S/C19H21N5O2.ClH/c1-4-23-18-17(21-10-15-11-22(26-3)12-24(15)18)16(13(2)19(23)25)9-14-5-7-20-8-6-14;/h5-8,10-11H,4,9,12H2,1-3H3;1H. The molecule has 0 N–H and O–H groups in total. The zero-order valence-electron chi connectivity index (χ0n) is 15.5. The molecule has 0 saturated carbocycles. The lowest BCUT2D eigenvalue weighted by atomic mass is 9.99. The van der Waals surface area contributed by atoms with Gasteiger partial charge in [-0.3, -0.25) is 24.2 Å². The lowest BCUT2D eigenvalue weighted by Gasteiger charge is -2.30. The Morgan fingerprint density at radius 3 is 2.67 bits per heavy atom. The van der Waals surface area contributed by atoms with E-state index in [9.17, 15) is 4.79 Å². The second-order valence-electron chi connectivity index (χ2n) is 6.34. The molecule has 0 aromatic carbocycles. The number of hydrogen-bond acceptors (Lipinski definition) is 6. The fourth-order valence-electron chi connectivity index (χ4n) is 3.50. The molecule has 4 heterocycles. The maximum atomic E-state index is 13.0.